The molecule has 0 radical (unpaired) electrons. The maximum atomic E-state index is 12.7. The minimum absolute atomic E-state index is 0.0920. The fourth-order valence-electron chi connectivity index (χ4n) is 4.63. The van der Waals surface area contributed by atoms with Crippen LogP contribution in [0.15, 0.2) is 53.5 Å². The van der Waals surface area contributed by atoms with Crippen molar-refractivity contribution >= 4 is 17.3 Å². The summed E-state index contributed by atoms with van der Waals surface area (Å²) in [6.45, 7) is 13.3. The highest BCUT2D eigenvalue weighted by atomic mass is 16.5. The molecule has 1 fully saturated rings. The third-order valence-electron chi connectivity index (χ3n) is 6.08. The number of hydrogen-bond acceptors (Lipinski definition) is 6. The van der Waals surface area contributed by atoms with Gasteiger partial charge in [-0.2, -0.15) is 0 Å². The van der Waals surface area contributed by atoms with Crippen molar-refractivity contribution in [3.8, 4) is 0 Å². The van der Waals surface area contributed by atoms with Gasteiger partial charge >= 0.3 is 11.7 Å². The molecule has 0 saturated carbocycles. The molecular weight excluding hydrogens is 430 g/mol. The third kappa shape index (κ3) is 5.86. The van der Waals surface area contributed by atoms with Crippen molar-refractivity contribution in [2.45, 2.75) is 46.8 Å². The Morgan fingerprint density at radius 2 is 1.82 bits per heavy atom. The number of hydrogen-bond donors (Lipinski definition) is 0. The second kappa shape index (κ2) is 10.0. The monoisotopic (exact) mass is 465 g/mol. The molecular formula is C26H35N5O3. The lowest BCUT2D eigenvalue weighted by molar-refractivity contribution is -0.146. The zero-order valence-corrected chi connectivity index (χ0v) is 20.6. The van der Waals surface area contributed by atoms with Crippen LogP contribution in [0.3, 0.4) is 0 Å². The summed E-state index contributed by atoms with van der Waals surface area (Å²) in [6, 6.07) is 13.8. The van der Waals surface area contributed by atoms with E-state index in [9.17, 15) is 9.59 Å². The fraction of sp³-hybridized carbons (Fsp3) is 0.500. The van der Waals surface area contributed by atoms with Crippen LogP contribution in [0.1, 0.15) is 33.3 Å². The highest BCUT2D eigenvalue weighted by Gasteiger charge is 2.27. The van der Waals surface area contributed by atoms with E-state index in [1.54, 1.807) is 15.3 Å². The quantitative estimate of drug-likeness (QED) is 0.477. The number of piperazine rings is 1. The van der Waals surface area contributed by atoms with E-state index in [0.29, 0.717) is 18.6 Å². The SMILES string of the molecule is CC(C)OC(=O)Cc1cccc(N2CCN(CC(C)(C)Cn3nc4ccccn4c3=O)CC2)c1. The third-order valence-corrected chi connectivity index (χ3v) is 6.08. The maximum absolute atomic E-state index is 12.7. The Hall–Kier alpha value is -3.13. The predicted molar refractivity (Wildman–Crippen MR) is 133 cm³/mol. The molecule has 0 spiro atoms. The molecule has 3 heterocycles. The number of ether oxygens (including phenoxy) is 1. The van der Waals surface area contributed by atoms with Crippen molar-refractivity contribution < 1.29 is 9.53 Å². The molecule has 8 heteroatoms. The van der Waals surface area contributed by atoms with Gasteiger partial charge < -0.3 is 9.64 Å². The first kappa shape index (κ1) is 24.0. The van der Waals surface area contributed by atoms with E-state index in [2.05, 4.69) is 40.9 Å². The van der Waals surface area contributed by atoms with Crippen LogP contribution < -0.4 is 10.6 Å². The molecule has 3 aromatic rings. The number of anilines is 1. The van der Waals surface area contributed by atoms with Crippen LogP contribution in [0.4, 0.5) is 5.69 Å². The van der Waals surface area contributed by atoms with Crippen LogP contribution in [-0.4, -0.2) is 63.9 Å². The molecule has 1 aliphatic rings. The Balaban J connectivity index is 1.33. The van der Waals surface area contributed by atoms with Crippen molar-refractivity contribution in [3.63, 3.8) is 0 Å². The van der Waals surface area contributed by atoms with Crippen molar-refractivity contribution in [2.75, 3.05) is 37.6 Å². The Bertz CT molecular complexity index is 1190. The van der Waals surface area contributed by atoms with Crippen LogP contribution in [0, 0.1) is 5.41 Å². The summed E-state index contributed by atoms with van der Waals surface area (Å²) in [6.07, 6.45) is 1.96. The van der Waals surface area contributed by atoms with Crippen molar-refractivity contribution in [2.24, 2.45) is 5.41 Å². The average molecular weight is 466 g/mol. The fourth-order valence-corrected chi connectivity index (χ4v) is 4.63. The van der Waals surface area contributed by atoms with Gasteiger partial charge in [0.2, 0.25) is 0 Å². The largest absolute Gasteiger partial charge is 0.463 e. The summed E-state index contributed by atoms with van der Waals surface area (Å²) in [7, 11) is 0. The number of aromatic nitrogens is 3. The number of fused-ring (bicyclic) bond motifs is 1. The van der Waals surface area contributed by atoms with E-state index in [0.717, 1.165) is 44.0 Å². The van der Waals surface area contributed by atoms with Crippen molar-refractivity contribution in [1.29, 1.82) is 0 Å². The molecule has 0 atom stereocenters. The lowest BCUT2D eigenvalue weighted by Gasteiger charge is -2.39. The van der Waals surface area contributed by atoms with Gasteiger partial charge in [-0.15, -0.1) is 5.10 Å². The number of benzene rings is 1. The molecule has 0 N–H and O–H groups in total. The van der Waals surface area contributed by atoms with Gasteiger partial charge in [0, 0.05) is 44.6 Å². The first-order chi connectivity index (χ1) is 16.2. The van der Waals surface area contributed by atoms with Crippen LogP contribution in [0.2, 0.25) is 0 Å². The van der Waals surface area contributed by atoms with Crippen LogP contribution in [0.25, 0.3) is 5.65 Å². The molecule has 182 valence electrons. The summed E-state index contributed by atoms with van der Waals surface area (Å²) < 4.78 is 8.45. The zero-order valence-electron chi connectivity index (χ0n) is 20.6. The van der Waals surface area contributed by atoms with Crippen molar-refractivity contribution in [1.82, 2.24) is 19.1 Å². The molecule has 8 nitrogen and oxygen atoms in total. The first-order valence-electron chi connectivity index (χ1n) is 12.0. The smallest absolute Gasteiger partial charge is 0.350 e. The summed E-state index contributed by atoms with van der Waals surface area (Å²) in [4.78, 5) is 29.5. The minimum Gasteiger partial charge on any atom is -0.463 e. The molecule has 0 amide bonds. The number of pyridine rings is 1. The Morgan fingerprint density at radius 1 is 1.06 bits per heavy atom. The first-order valence-corrected chi connectivity index (χ1v) is 12.0. The van der Waals surface area contributed by atoms with Gasteiger partial charge in [0.25, 0.3) is 0 Å². The molecule has 2 aromatic heterocycles. The maximum Gasteiger partial charge on any atom is 0.350 e. The topological polar surface area (TPSA) is 72.1 Å². The van der Waals surface area contributed by atoms with Gasteiger partial charge in [0.1, 0.15) is 0 Å². The summed E-state index contributed by atoms with van der Waals surface area (Å²) in [5.74, 6) is -0.191. The number of rotatable bonds is 8. The van der Waals surface area contributed by atoms with Crippen molar-refractivity contribution in [3.05, 3.63) is 64.7 Å². The summed E-state index contributed by atoms with van der Waals surface area (Å²) in [5, 5.41) is 4.49. The minimum atomic E-state index is -0.191. The van der Waals surface area contributed by atoms with E-state index in [-0.39, 0.29) is 23.2 Å². The van der Waals surface area contributed by atoms with E-state index in [1.807, 2.05) is 44.2 Å². The number of carbonyl (C=O) groups excluding carboxylic acids is 1. The van der Waals surface area contributed by atoms with Gasteiger partial charge in [-0.05, 0) is 49.1 Å². The van der Waals surface area contributed by atoms with E-state index >= 15 is 0 Å². The standard InChI is InChI=1S/C26H35N5O3/c1-20(2)34-24(32)17-21-8-7-9-22(16-21)29-14-12-28(13-15-29)18-26(3,4)19-31-25(33)30-11-6-5-10-23(30)27-31/h5-11,16,20H,12-15,17-19H2,1-4H3. The molecule has 1 aromatic carbocycles. The Labute approximate surface area is 200 Å². The van der Waals surface area contributed by atoms with E-state index < -0.39 is 0 Å². The molecule has 0 aliphatic carbocycles. The second-order valence-electron chi connectivity index (χ2n) is 10.2. The lowest BCUT2D eigenvalue weighted by atomic mass is 9.92. The van der Waals surface area contributed by atoms with Gasteiger partial charge in [0.05, 0.1) is 19.1 Å². The van der Waals surface area contributed by atoms with Crippen LogP contribution in [0.5, 0.6) is 0 Å². The number of carbonyl (C=O) groups is 1. The lowest BCUT2D eigenvalue weighted by Crippen LogP contribution is -2.50. The summed E-state index contributed by atoms with van der Waals surface area (Å²) >= 11 is 0. The molecule has 1 aliphatic heterocycles. The molecule has 4 rings (SSSR count). The van der Waals surface area contributed by atoms with Gasteiger partial charge in [-0.3, -0.25) is 14.1 Å². The van der Waals surface area contributed by atoms with E-state index in [4.69, 9.17) is 4.74 Å². The molecule has 34 heavy (non-hydrogen) atoms. The second-order valence-corrected chi connectivity index (χ2v) is 10.2. The van der Waals surface area contributed by atoms with Gasteiger partial charge in [0.15, 0.2) is 5.65 Å². The van der Waals surface area contributed by atoms with Gasteiger partial charge in [-0.1, -0.05) is 32.0 Å². The Kier molecular flexibility index (Phi) is 7.07. The highest BCUT2D eigenvalue weighted by Crippen LogP contribution is 2.23. The van der Waals surface area contributed by atoms with Crippen LogP contribution >= 0.6 is 0 Å². The van der Waals surface area contributed by atoms with Gasteiger partial charge in [-0.25, -0.2) is 9.48 Å². The van der Waals surface area contributed by atoms with Crippen LogP contribution in [-0.2, 0) is 22.5 Å². The Morgan fingerprint density at radius 3 is 2.53 bits per heavy atom. The predicted octanol–water partition coefficient (Wildman–Crippen LogP) is 2.84. The summed E-state index contributed by atoms with van der Waals surface area (Å²) in [5.41, 5.74) is 2.61. The molecule has 1 saturated heterocycles. The highest BCUT2D eigenvalue weighted by molar-refractivity contribution is 5.73. The van der Waals surface area contributed by atoms with E-state index in [1.165, 1.54) is 0 Å². The number of nitrogens with zero attached hydrogens (tertiary/aromatic N) is 5. The number of esters is 1. The average Bonchev–Trinajstić information content (AvgIpc) is 3.08. The molecule has 0 unspecified atom stereocenters. The normalized spacial score (nSPS) is 15.3. The zero-order chi connectivity index (χ0) is 24.3. The molecule has 0 bridgehead atoms.